The summed E-state index contributed by atoms with van der Waals surface area (Å²) in [4.78, 5) is 13.8. The highest BCUT2D eigenvalue weighted by molar-refractivity contribution is 8.00. The first-order valence-corrected chi connectivity index (χ1v) is 8.44. The normalized spacial score (nSPS) is 18.6. The first-order chi connectivity index (χ1) is 11.0. The van der Waals surface area contributed by atoms with E-state index in [2.05, 4.69) is 5.32 Å². The van der Waals surface area contributed by atoms with Gasteiger partial charge in [-0.3, -0.25) is 0 Å². The molecule has 1 aromatic carbocycles. The number of nitrogens with zero attached hydrogens (tertiary/aromatic N) is 1. The van der Waals surface area contributed by atoms with Crippen LogP contribution in [0.2, 0.25) is 0 Å². The quantitative estimate of drug-likeness (QED) is 0.790. The number of nitrogens with one attached hydrogen (secondary N) is 1. The summed E-state index contributed by atoms with van der Waals surface area (Å²) in [6, 6.07) is 6.15. The van der Waals surface area contributed by atoms with Crippen molar-refractivity contribution in [2.75, 3.05) is 18.4 Å². The molecule has 0 saturated carbocycles. The third-order valence-electron chi connectivity index (χ3n) is 3.30. The third kappa shape index (κ3) is 6.14. The van der Waals surface area contributed by atoms with Crippen LogP contribution in [0.5, 0.6) is 0 Å². The summed E-state index contributed by atoms with van der Waals surface area (Å²) in [5, 5.41) is 3.24. The fourth-order valence-corrected chi connectivity index (χ4v) is 2.90. The molecule has 8 heteroatoms. The van der Waals surface area contributed by atoms with Crippen molar-refractivity contribution in [1.82, 2.24) is 4.90 Å². The van der Waals surface area contributed by atoms with E-state index in [4.69, 9.17) is 4.74 Å². The van der Waals surface area contributed by atoms with Crippen LogP contribution in [-0.2, 0) is 4.74 Å². The summed E-state index contributed by atoms with van der Waals surface area (Å²) in [6.07, 6.45) is 0.418. The standard InChI is InChI=1S/C16H21F3N2O2S/c1-15(2,3)23-14(22)21-9-8-12(10-21)20-11-4-6-13(7-5-11)24-16(17,18)19/h4-7,12,20H,8-10H2,1-3H3. The predicted octanol–water partition coefficient (Wildman–Crippen LogP) is 4.72. The summed E-state index contributed by atoms with van der Waals surface area (Å²) in [6.45, 7) is 6.55. The zero-order valence-electron chi connectivity index (χ0n) is 13.8. The lowest BCUT2D eigenvalue weighted by molar-refractivity contribution is -0.0328. The lowest BCUT2D eigenvalue weighted by atomic mass is 10.2. The van der Waals surface area contributed by atoms with Crippen molar-refractivity contribution in [2.24, 2.45) is 0 Å². The molecule has 1 aliphatic heterocycles. The maximum Gasteiger partial charge on any atom is 0.446 e. The molecule has 134 valence electrons. The average Bonchev–Trinajstić information content (AvgIpc) is 2.86. The van der Waals surface area contributed by atoms with Crippen LogP contribution in [0, 0.1) is 0 Å². The summed E-state index contributed by atoms with van der Waals surface area (Å²) in [5.41, 5.74) is -4.08. The van der Waals surface area contributed by atoms with E-state index in [0.29, 0.717) is 13.1 Å². The topological polar surface area (TPSA) is 41.6 Å². The van der Waals surface area contributed by atoms with Crippen LogP contribution in [0.25, 0.3) is 0 Å². The number of thioether (sulfide) groups is 1. The van der Waals surface area contributed by atoms with Crippen molar-refractivity contribution in [3.63, 3.8) is 0 Å². The molecule has 1 atom stereocenters. The van der Waals surface area contributed by atoms with E-state index in [1.165, 1.54) is 12.1 Å². The summed E-state index contributed by atoms with van der Waals surface area (Å²) in [7, 11) is 0. The Kier molecular flexibility index (Phi) is 5.57. The van der Waals surface area contributed by atoms with Gasteiger partial charge in [0.2, 0.25) is 0 Å². The van der Waals surface area contributed by atoms with Crippen LogP contribution in [0.15, 0.2) is 29.2 Å². The first-order valence-electron chi connectivity index (χ1n) is 7.62. The highest BCUT2D eigenvalue weighted by Crippen LogP contribution is 2.37. The van der Waals surface area contributed by atoms with Crippen LogP contribution >= 0.6 is 11.8 Å². The molecule has 1 aromatic rings. The van der Waals surface area contributed by atoms with E-state index >= 15 is 0 Å². The molecule has 1 saturated heterocycles. The highest BCUT2D eigenvalue weighted by Gasteiger charge is 2.30. The van der Waals surface area contributed by atoms with E-state index in [9.17, 15) is 18.0 Å². The highest BCUT2D eigenvalue weighted by atomic mass is 32.2. The zero-order chi connectivity index (χ0) is 18.0. The second-order valence-corrected chi connectivity index (χ2v) is 7.77. The van der Waals surface area contributed by atoms with Crippen LogP contribution in [0.3, 0.4) is 0 Å². The largest absolute Gasteiger partial charge is 0.446 e. The van der Waals surface area contributed by atoms with Gasteiger partial charge in [-0.1, -0.05) is 0 Å². The van der Waals surface area contributed by atoms with Gasteiger partial charge in [0, 0.05) is 29.7 Å². The van der Waals surface area contributed by atoms with Crippen LogP contribution in [0.1, 0.15) is 27.2 Å². The number of benzene rings is 1. The molecule has 1 N–H and O–H groups in total. The number of hydrogen-bond acceptors (Lipinski definition) is 4. The molecule has 1 heterocycles. The molecule has 0 aromatic heterocycles. The Balaban J connectivity index is 1.86. The number of likely N-dealkylation sites (tertiary alicyclic amines) is 1. The lowest BCUT2D eigenvalue weighted by Crippen LogP contribution is -2.36. The summed E-state index contributed by atoms with van der Waals surface area (Å²) < 4.78 is 42.2. The van der Waals surface area contributed by atoms with Crippen LogP contribution in [0.4, 0.5) is 23.7 Å². The van der Waals surface area contributed by atoms with Crippen molar-refractivity contribution >= 4 is 23.5 Å². The minimum Gasteiger partial charge on any atom is -0.444 e. The number of carbonyl (C=O) groups excluding carboxylic acids is 1. The fourth-order valence-electron chi connectivity index (χ4n) is 2.36. The van der Waals surface area contributed by atoms with Crippen molar-refractivity contribution in [2.45, 2.75) is 49.2 Å². The SMILES string of the molecule is CC(C)(C)OC(=O)N1CCC(Nc2ccc(SC(F)(F)F)cc2)C1. The van der Waals surface area contributed by atoms with Gasteiger partial charge in [-0.05, 0) is 63.2 Å². The predicted molar refractivity (Wildman–Crippen MR) is 88.2 cm³/mol. The van der Waals surface area contributed by atoms with Crippen molar-refractivity contribution < 1.29 is 22.7 Å². The van der Waals surface area contributed by atoms with E-state index in [1.807, 2.05) is 20.8 Å². The van der Waals surface area contributed by atoms with Gasteiger partial charge in [-0.25, -0.2) is 4.79 Å². The van der Waals surface area contributed by atoms with E-state index in [-0.39, 0.29) is 28.8 Å². The van der Waals surface area contributed by atoms with Gasteiger partial charge in [0.05, 0.1) is 0 Å². The van der Waals surface area contributed by atoms with Gasteiger partial charge in [-0.15, -0.1) is 0 Å². The van der Waals surface area contributed by atoms with Crippen LogP contribution < -0.4 is 5.32 Å². The van der Waals surface area contributed by atoms with Crippen molar-refractivity contribution in [3.8, 4) is 0 Å². The van der Waals surface area contributed by atoms with E-state index < -0.39 is 11.1 Å². The van der Waals surface area contributed by atoms with Crippen molar-refractivity contribution in [3.05, 3.63) is 24.3 Å². The molecule has 0 bridgehead atoms. The molecule has 4 nitrogen and oxygen atoms in total. The Bertz CT molecular complexity index is 570. The molecule has 1 amide bonds. The number of rotatable bonds is 3. The van der Waals surface area contributed by atoms with Gasteiger partial charge in [0.25, 0.3) is 0 Å². The Morgan fingerprint density at radius 1 is 1.25 bits per heavy atom. The number of amides is 1. The lowest BCUT2D eigenvalue weighted by Gasteiger charge is -2.24. The molecule has 0 spiro atoms. The minimum absolute atomic E-state index is 0.0543. The maximum atomic E-state index is 12.3. The van der Waals surface area contributed by atoms with E-state index in [1.54, 1.807) is 17.0 Å². The van der Waals surface area contributed by atoms with Crippen molar-refractivity contribution in [1.29, 1.82) is 0 Å². The minimum atomic E-state index is -4.28. The monoisotopic (exact) mass is 362 g/mol. The third-order valence-corrected chi connectivity index (χ3v) is 4.04. The molecule has 24 heavy (non-hydrogen) atoms. The molecule has 1 unspecified atom stereocenters. The molecule has 0 radical (unpaired) electrons. The molecule has 1 fully saturated rings. The summed E-state index contributed by atoms with van der Waals surface area (Å²) in [5.74, 6) is 0. The van der Waals surface area contributed by atoms with Gasteiger partial charge < -0.3 is 15.0 Å². The molecule has 0 aliphatic carbocycles. The second-order valence-electron chi connectivity index (χ2n) is 6.63. The van der Waals surface area contributed by atoms with Gasteiger partial charge in [0.1, 0.15) is 5.60 Å². The Labute approximate surface area is 143 Å². The number of carbonyl (C=O) groups is 1. The Hall–Kier alpha value is -1.57. The van der Waals surface area contributed by atoms with E-state index in [0.717, 1.165) is 12.1 Å². The Morgan fingerprint density at radius 3 is 2.42 bits per heavy atom. The average molecular weight is 362 g/mol. The van der Waals surface area contributed by atoms with Crippen LogP contribution in [-0.4, -0.2) is 41.2 Å². The number of hydrogen-bond donors (Lipinski definition) is 1. The number of anilines is 1. The summed E-state index contributed by atoms with van der Waals surface area (Å²) >= 11 is -0.135. The molecular formula is C16H21F3N2O2S. The van der Waals surface area contributed by atoms with Gasteiger partial charge in [-0.2, -0.15) is 13.2 Å². The number of halogens is 3. The maximum absolute atomic E-state index is 12.3. The molecule has 2 rings (SSSR count). The van der Waals surface area contributed by atoms with Gasteiger partial charge >= 0.3 is 11.6 Å². The fraction of sp³-hybridized carbons (Fsp3) is 0.562. The number of alkyl halides is 3. The number of ether oxygens (including phenoxy) is 1. The molecular weight excluding hydrogens is 341 g/mol. The zero-order valence-corrected chi connectivity index (χ0v) is 14.6. The molecule has 1 aliphatic rings. The van der Waals surface area contributed by atoms with Gasteiger partial charge in [0.15, 0.2) is 0 Å². The Morgan fingerprint density at radius 2 is 1.88 bits per heavy atom. The smallest absolute Gasteiger partial charge is 0.444 e. The second kappa shape index (κ2) is 7.13. The first kappa shape index (κ1) is 18.8.